The Labute approximate surface area is 142 Å². The summed E-state index contributed by atoms with van der Waals surface area (Å²) in [6.07, 6.45) is 5.12. The highest BCUT2D eigenvalue weighted by molar-refractivity contribution is 5.66. The van der Waals surface area contributed by atoms with E-state index in [1.807, 2.05) is 12.1 Å². The van der Waals surface area contributed by atoms with E-state index in [1.165, 1.54) is 6.07 Å². The third kappa shape index (κ3) is 2.80. The van der Waals surface area contributed by atoms with Crippen molar-refractivity contribution in [2.24, 2.45) is 0 Å². The lowest BCUT2D eigenvalue weighted by Gasteiger charge is -2.03. The minimum Gasteiger partial charge on any atom is -0.507 e. The van der Waals surface area contributed by atoms with Crippen LogP contribution in [-0.4, -0.2) is 36.9 Å². The Kier molecular flexibility index (Phi) is 3.62. The molecule has 0 amide bonds. The topological polar surface area (TPSA) is 99.1 Å². The summed E-state index contributed by atoms with van der Waals surface area (Å²) in [6, 6.07) is 10.3. The van der Waals surface area contributed by atoms with E-state index in [4.69, 9.17) is 9.26 Å². The third-order valence-corrected chi connectivity index (χ3v) is 3.59. The van der Waals surface area contributed by atoms with E-state index in [9.17, 15) is 5.11 Å². The van der Waals surface area contributed by atoms with Gasteiger partial charge in [0.15, 0.2) is 0 Å². The van der Waals surface area contributed by atoms with Crippen molar-refractivity contribution < 1.29 is 14.4 Å². The highest BCUT2D eigenvalue weighted by atomic mass is 16.5. The average molecular weight is 335 g/mol. The van der Waals surface area contributed by atoms with Crippen molar-refractivity contribution in [1.29, 1.82) is 0 Å². The van der Waals surface area contributed by atoms with E-state index < -0.39 is 0 Å². The molecule has 3 aromatic heterocycles. The molecule has 0 aliphatic rings. The maximum atomic E-state index is 10.0. The summed E-state index contributed by atoms with van der Waals surface area (Å²) in [4.78, 5) is 12.8. The Balaban J connectivity index is 1.72. The molecule has 0 unspecified atom stereocenters. The van der Waals surface area contributed by atoms with Gasteiger partial charge in [-0.15, -0.1) is 0 Å². The zero-order chi connectivity index (χ0) is 17.2. The van der Waals surface area contributed by atoms with Crippen molar-refractivity contribution in [3.63, 3.8) is 0 Å². The number of hydrogen-bond acceptors (Lipinski definition) is 7. The number of pyridine rings is 1. The number of ether oxygens (including phenoxy) is 1. The lowest BCUT2D eigenvalue weighted by Crippen LogP contribution is -1.96. The predicted molar refractivity (Wildman–Crippen MR) is 88.3 cm³/mol. The van der Waals surface area contributed by atoms with Crippen LogP contribution in [0.5, 0.6) is 11.5 Å². The number of aromatic hydroxyl groups is 1. The van der Waals surface area contributed by atoms with Crippen LogP contribution in [0.1, 0.15) is 0 Å². The molecule has 0 aliphatic carbocycles. The van der Waals surface area contributed by atoms with Crippen LogP contribution < -0.4 is 4.74 Å². The van der Waals surface area contributed by atoms with E-state index in [0.717, 1.165) is 0 Å². The summed E-state index contributed by atoms with van der Waals surface area (Å²) in [6.45, 7) is 0. The first-order valence-corrected chi connectivity index (χ1v) is 7.41. The molecule has 1 N–H and O–H groups in total. The molecule has 0 spiro atoms. The Morgan fingerprint density at radius 1 is 1.16 bits per heavy atom. The SMILES string of the molecule is COc1ccc(O)c(-c2nc(-c3cccc(-n4ccnc4)n3)no2)c1. The molecule has 0 radical (unpaired) electrons. The fourth-order valence-corrected chi connectivity index (χ4v) is 2.34. The number of phenols is 1. The van der Waals surface area contributed by atoms with Crippen LogP contribution in [0.2, 0.25) is 0 Å². The van der Waals surface area contributed by atoms with Gasteiger partial charge >= 0.3 is 0 Å². The Morgan fingerprint density at radius 2 is 2.08 bits per heavy atom. The molecule has 8 nitrogen and oxygen atoms in total. The van der Waals surface area contributed by atoms with Gasteiger partial charge in [-0.1, -0.05) is 11.2 Å². The van der Waals surface area contributed by atoms with Gasteiger partial charge in [0, 0.05) is 12.4 Å². The number of methoxy groups -OCH3 is 1. The molecule has 0 saturated heterocycles. The van der Waals surface area contributed by atoms with Gasteiger partial charge in [0.2, 0.25) is 5.82 Å². The summed E-state index contributed by atoms with van der Waals surface area (Å²) < 4.78 is 12.2. The van der Waals surface area contributed by atoms with Crippen molar-refractivity contribution >= 4 is 0 Å². The van der Waals surface area contributed by atoms with Crippen molar-refractivity contribution in [2.75, 3.05) is 7.11 Å². The molecule has 25 heavy (non-hydrogen) atoms. The second-order valence-electron chi connectivity index (χ2n) is 5.16. The highest BCUT2D eigenvalue weighted by Gasteiger charge is 2.16. The number of nitrogens with zero attached hydrogens (tertiary/aromatic N) is 5. The Morgan fingerprint density at radius 3 is 2.88 bits per heavy atom. The molecule has 1 aromatic carbocycles. The Bertz CT molecular complexity index is 1010. The number of imidazole rings is 1. The van der Waals surface area contributed by atoms with Crippen molar-refractivity contribution in [3.8, 4) is 40.3 Å². The monoisotopic (exact) mass is 335 g/mol. The van der Waals surface area contributed by atoms with Gasteiger partial charge in [0.25, 0.3) is 5.89 Å². The van der Waals surface area contributed by atoms with Gasteiger partial charge < -0.3 is 14.4 Å². The van der Waals surface area contributed by atoms with Crippen LogP contribution in [0, 0.1) is 0 Å². The summed E-state index contributed by atoms with van der Waals surface area (Å²) in [5, 5.41) is 14.0. The normalized spacial score (nSPS) is 10.8. The lowest BCUT2D eigenvalue weighted by molar-refractivity contribution is 0.408. The lowest BCUT2D eigenvalue weighted by atomic mass is 10.2. The van der Waals surface area contributed by atoms with E-state index in [-0.39, 0.29) is 11.6 Å². The zero-order valence-corrected chi connectivity index (χ0v) is 13.2. The number of rotatable bonds is 4. The molecular formula is C17H13N5O3. The molecule has 0 fully saturated rings. The quantitative estimate of drug-likeness (QED) is 0.612. The smallest absolute Gasteiger partial charge is 0.262 e. The van der Waals surface area contributed by atoms with Gasteiger partial charge in [-0.2, -0.15) is 4.98 Å². The number of benzene rings is 1. The van der Waals surface area contributed by atoms with Gasteiger partial charge in [-0.05, 0) is 30.3 Å². The van der Waals surface area contributed by atoms with Crippen molar-refractivity contribution in [1.82, 2.24) is 24.7 Å². The predicted octanol–water partition coefficient (Wildman–Crippen LogP) is 2.70. The average Bonchev–Trinajstić information content (AvgIpc) is 3.34. The minimum atomic E-state index is 0.0242. The molecule has 0 bridgehead atoms. The fraction of sp³-hybridized carbons (Fsp3) is 0.0588. The molecule has 4 aromatic rings. The second-order valence-corrected chi connectivity index (χ2v) is 5.16. The standard InChI is InChI=1S/C17H13N5O3/c1-24-11-5-6-14(23)12(9-11)17-20-16(21-25-17)13-3-2-4-15(19-13)22-8-7-18-10-22/h2-10,23H,1H3. The first-order chi connectivity index (χ1) is 12.2. The van der Waals surface area contributed by atoms with Gasteiger partial charge in [-0.25, -0.2) is 9.97 Å². The van der Waals surface area contributed by atoms with E-state index in [2.05, 4.69) is 20.1 Å². The molecule has 4 rings (SSSR count). The van der Waals surface area contributed by atoms with E-state index in [1.54, 1.807) is 48.6 Å². The van der Waals surface area contributed by atoms with Crippen LogP contribution in [0.15, 0.2) is 59.6 Å². The van der Waals surface area contributed by atoms with Gasteiger partial charge in [-0.3, -0.25) is 4.57 Å². The molecular weight excluding hydrogens is 322 g/mol. The summed E-state index contributed by atoms with van der Waals surface area (Å²) >= 11 is 0. The van der Waals surface area contributed by atoms with Gasteiger partial charge in [0.1, 0.15) is 29.3 Å². The van der Waals surface area contributed by atoms with Crippen LogP contribution in [0.25, 0.3) is 28.8 Å². The first-order valence-electron chi connectivity index (χ1n) is 7.41. The first kappa shape index (κ1) is 14.9. The number of hydrogen-bond donors (Lipinski definition) is 1. The van der Waals surface area contributed by atoms with Crippen LogP contribution in [0.3, 0.4) is 0 Å². The van der Waals surface area contributed by atoms with Crippen LogP contribution in [-0.2, 0) is 0 Å². The number of phenolic OH excluding ortho intramolecular Hbond substituents is 1. The number of aromatic nitrogens is 5. The molecule has 8 heteroatoms. The van der Waals surface area contributed by atoms with Gasteiger partial charge in [0.05, 0.1) is 12.7 Å². The zero-order valence-electron chi connectivity index (χ0n) is 13.2. The molecule has 0 saturated carbocycles. The third-order valence-electron chi connectivity index (χ3n) is 3.59. The van der Waals surface area contributed by atoms with Crippen molar-refractivity contribution in [2.45, 2.75) is 0 Å². The fourth-order valence-electron chi connectivity index (χ4n) is 2.34. The summed E-state index contributed by atoms with van der Waals surface area (Å²) in [5.74, 6) is 1.79. The second kappa shape index (κ2) is 6.08. The molecule has 0 aliphatic heterocycles. The largest absolute Gasteiger partial charge is 0.507 e. The summed E-state index contributed by atoms with van der Waals surface area (Å²) in [5.41, 5.74) is 0.937. The van der Waals surface area contributed by atoms with E-state index in [0.29, 0.717) is 28.6 Å². The maximum absolute atomic E-state index is 10.0. The van der Waals surface area contributed by atoms with Crippen LogP contribution >= 0.6 is 0 Å². The highest BCUT2D eigenvalue weighted by Crippen LogP contribution is 2.32. The van der Waals surface area contributed by atoms with Crippen LogP contribution in [0.4, 0.5) is 0 Å². The maximum Gasteiger partial charge on any atom is 0.262 e. The van der Waals surface area contributed by atoms with E-state index >= 15 is 0 Å². The minimum absolute atomic E-state index is 0.0242. The molecule has 0 atom stereocenters. The Hall–Kier alpha value is -3.68. The molecule has 3 heterocycles. The molecule has 124 valence electrons. The summed E-state index contributed by atoms with van der Waals surface area (Å²) in [7, 11) is 1.54. The van der Waals surface area contributed by atoms with Crippen molar-refractivity contribution in [3.05, 3.63) is 55.1 Å².